The molecule has 1 fully saturated rings. The summed E-state index contributed by atoms with van der Waals surface area (Å²) in [5, 5.41) is 0.605. The van der Waals surface area contributed by atoms with Crippen LogP contribution in [-0.2, 0) is 25.7 Å². The van der Waals surface area contributed by atoms with E-state index in [-0.39, 0.29) is 25.0 Å². The van der Waals surface area contributed by atoms with Crippen molar-refractivity contribution in [1.29, 1.82) is 0 Å². The van der Waals surface area contributed by atoms with Gasteiger partial charge in [0.15, 0.2) is 0 Å². The predicted octanol–water partition coefficient (Wildman–Crippen LogP) is 6.45. The molecule has 8 heteroatoms. The van der Waals surface area contributed by atoms with Gasteiger partial charge in [-0.2, -0.15) is 0 Å². The highest BCUT2D eigenvalue weighted by atomic mass is 127. The van der Waals surface area contributed by atoms with Crippen LogP contribution in [-0.4, -0.2) is 47.1 Å². The minimum atomic E-state index is -0.415. The average molecular weight is 638 g/mol. The number of halogens is 2. The molecule has 0 aromatic heterocycles. The van der Waals surface area contributed by atoms with Crippen LogP contribution in [0.15, 0.2) is 59.8 Å². The lowest BCUT2D eigenvalue weighted by molar-refractivity contribution is -0.141. The molecule has 2 aromatic rings. The zero-order chi connectivity index (χ0) is 26.2. The molecule has 1 amide bonds. The Morgan fingerprint density at radius 1 is 1.14 bits per heavy atom. The van der Waals surface area contributed by atoms with E-state index >= 15 is 0 Å². The van der Waals surface area contributed by atoms with Crippen molar-refractivity contribution in [1.82, 2.24) is 4.90 Å². The van der Waals surface area contributed by atoms with Crippen molar-refractivity contribution in [2.24, 2.45) is 0 Å². The minimum absolute atomic E-state index is 0.00874. The Balaban J connectivity index is 1.49. The van der Waals surface area contributed by atoms with Crippen LogP contribution < -0.4 is 4.74 Å². The van der Waals surface area contributed by atoms with Gasteiger partial charge in [0, 0.05) is 29.7 Å². The Kier molecular flexibility index (Phi) is 10.3. The molecular weight excluding hydrogens is 605 g/mol. The molecular formula is C29H33ClINO5. The number of rotatable bonds is 11. The van der Waals surface area contributed by atoms with Crippen molar-refractivity contribution in [3.8, 4) is 5.75 Å². The second kappa shape index (κ2) is 13.6. The number of carbonyl (C=O) groups is 2. The number of esters is 1. The highest BCUT2D eigenvalue weighted by Gasteiger charge is 2.38. The predicted molar refractivity (Wildman–Crippen MR) is 152 cm³/mol. The van der Waals surface area contributed by atoms with E-state index in [1.165, 1.54) is 0 Å². The number of unbranched alkanes of at least 4 members (excludes halogenated alkanes) is 1. The highest BCUT2D eigenvalue weighted by molar-refractivity contribution is 14.1. The summed E-state index contributed by atoms with van der Waals surface area (Å²) in [6.45, 7) is 3.82. The average Bonchev–Trinajstić information content (AvgIpc) is 3.42. The number of ether oxygens (including phenoxy) is 3. The summed E-state index contributed by atoms with van der Waals surface area (Å²) in [6, 6.07) is 14.9. The van der Waals surface area contributed by atoms with Crippen LogP contribution in [0.4, 0.5) is 0 Å². The second-order valence-electron chi connectivity index (χ2n) is 9.41. The van der Waals surface area contributed by atoms with Gasteiger partial charge in [-0.25, -0.2) is 4.79 Å². The number of benzene rings is 2. The maximum atomic E-state index is 13.5. The van der Waals surface area contributed by atoms with Gasteiger partial charge in [-0.1, -0.05) is 58.5 Å². The number of nitrogens with zero attached hydrogens (tertiary/aromatic N) is 1. The summed E-state index contributed by atoms with van der Waals surface area (Å²) in [4.78, 5) is 28.4. The zero-order valence-electron chi connectivity index (χ0n) is 21.1. The maximum absolute atomic E-state index is 13.5. The molecule has 2 aliphatic heterocycles. The smallest absolute Gasteiger partial charge is 0.336 e. The van der Waals surface area contributed by atoms with Gasteiger partial charge in [0.1, 0.15) is 12.4 Å². The summed E-state index contributed by atoms with van der Waals surface area (Å²) in [6.07, 6.45) is 4.25. The zero-order valence-corrected chi connectivity index (χ0v) is 24.0. The maximum Gasteiger partial charge on any atom is 0.336 e. The molecule has 0 spiro atoms. The summed E-state index contributed by atoms with van der Waals surface area (Å²) in [5.74, 6) is -0.0169. The molecule has 2 aliphatic rings. The Morgan fingerprint density at radius 2 is 1.89 bits per heavy atom. The molecule has 0 aliphatic carbocycles. The van der Waals surface area contributed by atoms with Crippen LogP contribution in [0.3, 0.4) is 0 Å². The van der Waals surface area contributed by atoms with Gasteiger partial charge in [0.2, 0.25) is 5.91 Å². The van der Waals surface area contributed by atoms with Crippen LogP contribution in [0.5, 0.6) is 5.75 Å². The van der Waals surface area contributed by atoms with E-state index in [0.29, 0.717) is 36.1 Å². The van der Waals surface area contributed by atoms with Crippen molar-refractivity contribution in [2.45, 2.75) is 57.7 Å². The van der Waals surface area contributed by atoms with Gasteiger partial charge in [0.25, 0.3) is 0 Å². The number of alkyl halides is 1. The van der Waals surface area contributed by atoms with Crippen molar-refractivity contribution < 1.29 is 23.8 Å². The Morgan fingerprint density at radius 3 is 2.57 bits per heavy atom. The summed E-state index contributed by atoms with van der Waals surface area (Å²) in [7, 11) is 0. The van der Waals surface area contributed by atoms with Gasteiger partial charge >= 0.3 is 5.97 Å². The van der Waals surface area contributed by atoms with Crippen molar-refractivity contribution in [3.63, 3.8) is 0 Å². The van der Waals surface area contributed by atoms with E-state index in [1.54, 1.807) is 17.0 Å². The van der Waals surface area contributed by atoms with Crippen LogP contribution in [0.1, 0.15) is 56.1 Å². The van der Waals surface area contributed by atoms with Gasteiger partial charge in [0.05, 0.1) is 24.8 Å². The van der Waals surface area contributed by atoms with E-state index in [9.17, 15) is 9.59 Å². The standard InChI is InChI=1S/C29H33ClINO5/c1-20-28(29(34)37-19-21-6-12-24(13-7-21)35-15-3-2-14-31)26(22-8-10-23(30)11-9-22)17-27(33)32(20)18-25-5-4-16-36-25/h6-13,25-26H,2-5,14-19H2,1H3. The van der Waals surface area contributed by atoms with Crippen molar-refractivity contribution >= 4 is 46.1 Å². The molecule has 2 aromatic carbocycles. The number of carbonyl (C=O) groups excluding carboxylic acids is 2. The normalized spacial score (nSPS) is 19.9. The summed E-state index contributed by atoms with van der Waals surface area (Å²) >= 11 is 8.46. The lowest BCUT2D eigenvalue weighted by atomic mass is 9.83. The third-order valence-corrected chi connectivity index (χ3v) is 7.83. The SMILES string of the molecule is CC1=C(C(=O)OCc2ccc(OCCCCI)cc2)C(c2ccc(Cl)cc2)CC(=O)N1CC1CCCO1. The van der Waals surface area contributed by atoms with E-state index in [1.807, 2.05) is 43.3 Å². The Bertz CT molecular complexity index is 1100. The molecule has 0 saturated carbocycles. The topological polar surface area (TPSA) is 65.1 Å². The van der Waals surface area contributed by atoms with Gasteiger partial charge < -0.3 is 19.1 Å². The number of amides is 1. The molecule has 2 unspecified atom stereocenters. The molecule has 4 rings (SSSR count). The molecule has 6 nitrogen and oxygen atoms in total. The van der Waals surface area contributed by atoms with E-state index in [0.717, 1.165) is 47.0 Å². The first-order valence-electron chi connectivity index (χ1n) is 12.8. The molecule has 198 valence electrons. The van der Waals surface area contributed by atoms with E-state index < -0.39 is 11.9 Å². The lowest BCUT2D eigenvalue weighted by Gasteiger charge is -2.35. The Labute approximate surface area is 237 Å². The molecule has 2 atom stereocenters. The second-order valence-corrected chi connectivity index (χ2v) is 10.9. The quantitative estimate of drug-likeness (QED) is 0.123. The van der Waals surface area contributed by atoms with Gasteiger partial charge in [-0.3, -0.25) is 4.79 Å². The number of hydrogen-bond donors (Lipinski definition) is 0. The van der Waals surface area contributed by atoms with Crippen molar-refractivity contribution in [3.05, 3.63) is 76.0 Å². The van der Waals surface area contributed by atoms with Gasteiger partial charge in [-0.15, -0.1) is 0 Å². The first-order chi connectivity index (χ1) is 18.0. The fraction of sp³-hybridized carbons (Fsp3) is 0.448. The molecule has 1 saturated heterocycles. The molecule has 0 radical (unpaired) electrons. The third kappa shape index (κ3) is 7.48. The summed E-state index contributed by atoms with van der Waals surface area (Å²) in [5.41, 5.74) is 2.88. The van der Waals surface area contributed by atoms with Crippen LogP contribution >= 0.6 is 34.2 Å². The van der Waals surface area contributed by atoms with Crippen LogP contribution in [0.2, 0.25) is 5.02 Å². The van der Waals surface area contributed by atoms with Crippen LogP contribution in [0, 0.1) is 0 Å². The van der Waals surface area contributed by atoms with Crippen molar-refractivity contribution in [2.75, 3.05) is 24.2 Å². The lowest BCUT2D eigenvalue weighted by Crippen LogP contribution is -2.42. The number of hydrogen-bond acceptors (Lipinski definition) is 5. The Hall–Kier alpha value is -2.10. The molecule has 37 heavy (non-hydrogen) atoms. The first-order valence-corrected chi connectivity index (χ1v) is 14.7. The number of allylic oxidation sites excluding steroid dienone is 1. The minimum Gasteiger partial charge on any atom is -0.494 e. The van der Waals surface area contributed by atoms with Gasteiger partial charge in [-0.05, 0) is 72.4 Å². The molecule has 0 N–H and O–H groups in total. The fourth-order valence-corrected chi connectivity index (χ4v) is 5.43. The largest absolute Gasteiger partial charge is 0.494 e. The molecule has 0 bridgehead atoms. The fourth-order valence-electron chi connectivity index (χ4n) is 4.77. The highest BCUT2D eigenvalue weighted by Crippen LogP contribution is 2.38. The molecule has 2 heterocycles. The van der Waals surface area contributed by atoms with E-state index in [4.69, 9.17) is 25.8 Å². The van der Waals surface area contributed by atoms with E-state index in [2.05, 4.69) is 22.6 Å². The third-order valence-electron chi connectivity index (χ3n) is 6.82. The monoisotopic (exact) mass is 637 g/mol. The first kappa shape index (κ1) is 27.9. The summed E-state index contributed by atoms with van der Waals surface area (Å²) < 4.78 is 18.4. The van der Waals surface area contributed by atoms with Crippen LogP contribution in [0.25, 0.3) is 0 Å².